The topological polar surface area (TPSA) is 12.0 Å². The molecular weight excluding hydrogens is 346 g/mol. The highest BCUT2D eigenvalue weighted by molar-refractivity contribution is 9.10. The monoisotopic (exact) mass is 359 g/mol. The molecule has 0 bridgehead atoms. The first-order chi connectivity index (χ1) is 10.2. The van der Waals surface area contributed by atoms with Crippen molar-refractivity contribution in [3.8, 4) is 0 Å². The van der Waals surface area contributed by atoms with Gasteiger partial charge in [0.05, 0.1) is 11.1 Å². The standard InChI is InChI=1S/C18H15BrClN/c1-21-18(13-9-10-17(20)16(19)11-13)15-8-4-6-12-5-2-3-7-14(12)15/h2-11,18,21H,1H3. The second kappa shape index (κ2) is 6.18. The molecule has 1 atom stereocenters. The zero-order valence-electron chi connectivity index (χ0n) is 11.6. The molecule has 0 amide bonds. The lowest BCUT2D eigenvalue weighted by molar-refractivity contribution is 0.696. The highest BCUT2D eigenvalue weighted by atomic mass is 79.9. The van der Waals surface area contributed by atoms with Gasteiger partial charge in [0.2, 0.25) is 0 Å². The Hall–Kier alpha value is -1.35. The van der Waals surface area contributed by atoms with Crippen LogP contribution in [0.4, 0.5) is 0 Å². The van der Waals surface area contributed by atoms with Gasteiger partial charge in [-0.25, -0.2) is 0 Å². The molecule has 3 heteroatoms. The molecule has 106 valence electrons. The van der Waals surface area contributed by atoms with Crippen LogP contribution in [-0.4, -0.2) is 7.05 Å². The molecule has 0 aliphatic rings. The zero-order chi connectivity index (χ0) is 14.8. The van der Waals surface area contributed by atoms with E-state index < -0.39 is 0 Å². The first kappa shape index (κ1) is 14.6. The van der Waals surface area contributed by atoms with Crippen molar-refractivity contribution in [3.05, 3.63) is 81.3 Å². The Morgan fingerprint density at radius 2 is 1.76 bits per heavy atom. The van der Waals surface area contributed by atoms with Crippen LogP contribution in [0.25, 0.3) is 10.8 Å². The predicted molar refractivity (Wildman–Crippen MR) is 94.0 cm³/mol. The maximum atomic E-state index is 6.10. The Labute approximate surface area is 138 Å². The average molecular weight is 361 g/mol. The molecule has 3 rings (SSSR count). The molecule has 0 saturated heterocycles. The summed E-state index contributed by atoms with van der Waals surface area (Å²) in [5.41, 5.74) is 2.45. The van der Waals surface area contributed by atoms with Crippen LogP contribution in [0, 0.1) is 0 Å². The molecule has 21 heavy (non-hydrogen) atoms. The minimum absolute atomic E-state index is 0.129. The van der Waals surface area contributed by atoms with Gasteiger partial charge >= 0.3 is 0 Å². The SMILES string of the molecule is CNC(c1ccc(Cl)c(Br)c1)c1cccc2ccccc12. The van der Waals surface area contributed by atoms with E-state index in [0.717, 1.165) is 9.50 Å². The van der Waals surface area contributed by atoms with Crippen LogP contribution < -0.4 is 5.32 Å². The third-order valence-electron chi connectivity index (χ3n) is 3.70. The minimum Gasteiger partial charge on any atom is -0.309 e. The molecule has 3 aromatic rings. The van der Waals surface area contributed by atoms with E-state index in [9.17, 15) is 0 Å². The lowest BCUT2D eigenvalue weighted by atomic mass is 9.94. The number of hydrogen-bond donors (Lipinski definition) is 1. The Kier molecular flexibility index (Phi) is 4.29. The van der Waals surface area contributed by atoms with Crippen molar-refractivity contribution < 1.29 is 0 Å². The smallest absolute Gasteiger partial charge is 0.0580 e. The van der Waals surface area contributed by atoms with Crippen molar-refractivity contribution in [2.45, 2.75) is 6.04 Å². The fourth-order valence-electron chi connectivity index (χ4n) is 2.70. The summed E-state index contributed by atoms with van der Waals surface area (Å²) in [7, 11) is 1.98. The van der Waals surface area contributed by atoms with Crippen molar-refractivity contribution in [3.63, 3.8) is 0 Å². The van der Waals surface area contributed by atoms with Gasteiger partial charge in [0, 0.05) is 4.47 Å². The van der Waals surface area contributed by atoms with Crippen molar-refractivity contribution in [2.24, 2.45) is 0 Å². The van der Waals surface area contributed by atoms with Gasteiger partial charge in [0.15, 0.2) is 0 Å². The van der Waals surface area contributed by atoms with Crippen molar-refractivity contribution in [1.82, 2.24) is 5.32 Å². The first-order valence-electron chi connectivity index (χ1n) is 6.80. The van der Waals surface area contributed by atoms with Crippen LogP contribution in [0.15, 0.2) is 65.1 Å². The second-order valence-corrected chi connectivity index (χ2v) is 6.23. The fourth-order valence-corrected chi connectivity index (χ4v) is 3.21. The molecule has 1 N–H and O–H groups in total. The van der Waals surface area contributed by atoms with E-state index in [1.54, 1.807) is 0 Å². The summed E-state index contributed by atoms with van der Waals surface area (Å²) in [4.78, 5) is 0. The van der Waals surface area contributed by atoms with Crippen LogP contribution in [-0.2, 0) is 0 Å². The van der Waals surface area contributed by atoms with Gasteiger partial charge < -0.3 is 5.32 Å². The van der Waals surface area contributed by atoms with Crippen LogP contribution in [0.1, 0.15) is 17.2 Å². The predicted octanol–water partition coefficient (Wildman–Crippen LogP) is 5.56. The van der Waals surface area contributed by atoms with Gasteiger partial charge in [0.25, 0.3) is 0 Å². The largest absolute Gasteiger partial charge is 0.309 e. The van der Waals surface area contributed by atoms with Crippen LogP contribution in [0.2, 0.25) is 5.02 Å². The van der Waals surface area contributed by atoms with Crippen LogP contribution in [0.5, 0.6) is 0 Å². The summed E-state index contributed by atoms with van der Waals surface area (Å²) in [5, 5.41) is 6.66. The number of hydrogen-bond acceptors (Lipinski definition) is 1. The number of fused-ring (bicyclic) bond motifs is 1. The highest BCUT2D eigenvalue weighted by Crippen LogP contribution is 2.32. The molecular formula is C18H15BrClN. The number of benzene rings is 3. The number of rotatable bonds is 3. The Bertz CT molecular complexity index is 780. The lowest BCUT2D eigenvalue weighted by Crippen LogP contribution is -2.18. The van der Waals surface area contributed by atoms with E-state index in [2.05, 4.69) is 75.8 Å². The molecule has 0 aromatic heterocycles. The minimum atomic E-state index is 0.129. The fraction of sp³-hybridized carbons (Fsp3) is 0.111. The van der Waals surface area contributed by atoms with Gasteiger partial charge in [-0.3, -0.25) is 0 Å². The molecule has 0 spiro atoms. The summed E-state index contributed by atoms with van der Waals surface area (Å²) >= 11 is 9.61. The van der Waals surface area contributed by atoms with Gasteiger partial charge in [0.1, 0.15) is 0 Å². The summed E-state index contributed by atoms with van der Waals surface area (Å²) in [6.45, 7) is 0. The molecule has 0 radical (unpaired) electrons. The summed E-state index contributed by atoms with van der Waals surface area (Å²) in [5.74, 6) is 0. The van der Waals surface area contributed by atoms with E-state index >= 15 is 0 Å². The Morgan fingerprint density at radius 1 is 1.00 bits per heavy atom. The normalized spacial score (nSPS) is 12.5. The molecule has 1 nitrogen and oxygen atoms in total. The quantitative estimate of drug-likeness (QED) is 0.644. The summed E-state index contributed by atoms with van der Waals surface area (Å²) < 4.78 is 0.919. The molecule has 0 aliphatic heterocycles. The molecule has 0 heterocycles. The van der Waals surface area contributed by atoms with E-state index in [-0.39, 0.29) is 6.04 Å². The molecule has 3 aromatic carbocycles. The average Bonchev–Trinajstić information content (AvgIpc) is 2.52. The van der Waals surface area contributed by atoms with Gasteiger partial charge in [-0.15, -0.1) is 0 Å². The van der Waals surface area contributed by atoms with Crippen molar-refractivity contribution in [2.75, 3.05) is 7.05 Å². The Morgan fingerprint density at radius 3 is 2.52 bits per heavy atom. The second-order valence-electron chi connectivity index (χ2n) is 4.96. The maximum absolute atomic E-state index is 6.10. The van der Waals surface area contributed by atoms with E-state index in [4.69, 9.17) is 11.6 Å². The highest BCUT2D eigenvalue weighted by Gasteiger charge is 2.15. The summed E-state index contributed by atoms with van der Waals surface area (Å²) in [6.07, 6.45) is 0. The molecule has 0 aliphatic carbocycles. The van der Waals surface area contributed by atoms with Gasteiger partial charge in [-0.05, 0) is 57.0 Å². The van der Waals surface area contributed by atoms with E-state index in [0.29, 0.717) is 0 Å². The van der Waals surface area contributed by atoms with Gasteiger partial charge in [-0.1, -0.05) is 60.1 Å². The number of nitrogens with one attached hydrogen (secondary N) is 1. The maximum Gasteiger partial charge on any atom is 0.0580 e. The first-order valence-corrected chi connectivity index (χ1v) is 7.97. The van der Waals surface area contributed by atoms with Crippen LogP contribution >= 0.6 is 27.5 Å². The van der Waals surface area contributed by atoms with Crippen molar-refractivity contribution in [1.29, 1.82) is 0 Å². The Balaban J connectivity index is 2.16. The van der Waals surface area contributed by atoms with Gasteiger partial charge in [-0.2, -0.15) is 0 Å². The third-order valence-corrected chi connectivity index (χ3v) is 4.91. The molecule has 0 saturated carbocycles. The summed E-state index contributed by atoms with van der Waals surface area (Å²) in [6, 6.07) is 21.1. The van der Waals surface area contributed by atoms with E-state index in [1.807, 2.05) is 13.1 Å². The molecule has 1 unspecified atom stereocenters. The molecule has 0 fully saturated rings. The lowest BCUT2D eigenvalue weighted by Gasteiger charge is -2.20. The van der Waals surface area contributed by atoms with Crippen molar-refractivity contribution >= 4 is 38.3 Å². The zero-order valence-corrected chi connectivity index (χ0v) is 13.9. The number of halogens is 2. The third kappa shape index (κ3) is 2.84. The van der Waals surface area contributed by atoms with Crippen LogP contribution in [0.3, 0.4) is 0 Å². The van der Waals surface area contributed by atoms with E-state index in [1.165, 1.54) is 21.9 Å².